The summed E-state index contributed by atoms with van der Waals surface area (Å²) in [4.78, 5) is 4.93. The summed E-state index contributed by atoms with van der Waals surface area (Å²) in [6.45, 7) is 3.69. The van der Waals surface area contributed by atoms with Gasteiger partial charge in [-0.15, -0.1) is 17.5 Å². The number of aromatic nitrogens is 4. The third-order valence-corrected chi connectivity index (χ3v) is 7.22. The number of tetrazole rings is 1. The van der Waals surface area contributed by atoms with Gasteiger partial charge in [0.2, 0.25) is 0 Å². The molecule has 9 heteroatoms. The van der Waals surface area contributed by atoms with E-state index < -0.39 is 0 Å². The fourth-order valence-electron chi connectivity index (χ4n) is 5.40. The summed E-state index contributed by atoms with van der Waals surface area (Å²) in [7, 11) is 3.42. The summed E-state index contributed by atoms with van der Waals surface area (Å²) in [6.07, 6.45) is 6.01. The maximum absolute atomic E-state index is 5.82. The van der Waals surface area contributed by atoms with Gasteiger partial charge in [0, 0.05) is 37.4 Å². The standard InChI is InChI=1S/C26H34N6O2.ClH/c1-33-22-13-14-24(34-2)23(19-22)25(26-27-28-29-32(26)21-11-7-4-8-12-21)31-17-15-30(16-18-31)20-9-5-3-6-10-20;/h3,5-6,9-10,13-14,19,21,25H,4,7-8,11-12,15-18H2,1-2H3;1H. The number of nitrogens with zero attached hydrogens (tertiary/aromatic N) is 6. The third kappa shape index (κ3) is 5.38. The van der Waals surface area contributed by atoms with E-state index in [4.69, 9.17) is 9.47 Å². The van der Waals surface area contributed by atoms with Crippen LogP contribution in [0.5, 0.6) is 11.5 Å². The van der Waals surface area contributed by atoms with E-state index in [1.165, 1.54) is 24.9 Å². The molecule has 2 aliphatic rings. The van der Waals surface area contributed by atoms with E-state index in [0.717, 1.165) is 61.9 Å². The summed E-state index contributed by atoms with van der Waals surface area (Å²) < 4.78 is 13.5. The van der Waals surface area contributed by atoms with Gasteiger partial charge in [0.1, 0.15) is 17.5 Å². The minimum absolute atomic E-state index is 0. The second-order valence-electron chi connectivity index (χ2n) is 9.14. The lowest BCUT2D eigenvalue weighted by Crippen LogP contribution is -2.48. The maximum Gasteiger partial charge on any atom is 0.173 e. The average molecular weight is 499 g/mol. The van der Waals surface area contributed by atoms with Gasteiger partial charge in [-0.05, 0) is 53.6 Å². The first-order chi connectivity index (χ1) is 16.8. The Balaban J connectivity index is 0.00000289. The van der Waals surface area contributed by atoms with E-state index in [2.05, 4.69) is 66.4 Å². The first kappa shape index (κ1) is 25.3. The molecule has 0 radical (unpaired) electrons. The zero-order valence-corrected chi connectivity index (χ0v) is 21.4. The zero-order valence-electron chi connectivity index (χ0n) is 20.5. The van der Waals surface area contributed by atoms with Crippen molar-refractivity contribution >= 4 is 18.1 Å². The van der Waals surface area contributed by atoms with Crippen molar-refractivity contribution < 1.29 is 9.47 Å². The summed E-state index contributed by atoms with van der Waals surface area (Å²) in [5, 5.41) is 13.2. The second kappa shape index (κ2) is 11.7. The first-order valence-electron chi connectivity index (χ1n) is 12.3. The summed E-state index contributed by atoms with van der Waals surface area (Å²) in [6, 6.07) is 16.9. The number of methoxy groups -OCH3 is 2. The van der Waals surface area contributed by atoms with Crippen LogP contribution in [0.25, 0.3) is 0 Å². The van der Waals surface area contributed by atoms with Crippen molar-refractivity contribution in [3.8, 4) is 11.5 Å². The van der Waals surface area contributed by atoms with Crippen molar-refractivity contribution in [3.63, 3.8) is 0 Å². The number of halogens is 1. The van der Waals surface area contributed by atoms with Crippen LogP contribution in [0.2, 0.25) is 0 Å². The van der Waals surface area contributed by atoms with Crippen molar-refractivity contribution in [3.05, 3.63) is 59.9 Å². The maximum atomic E-state index is 5.82. The summed E-state index contributed by atoms with van der Waals surface area (Å²) in [5.41, 5.74) is 2.31. The van der Waals surface area contributed by atoms with E-state index in [-0.39, 0.29) is 18.4 Å². The van der Waals surface area contributed by atoms with Crippen LogP contribution in [-0.2, 0) is 0 Å². The minimum atomic E-state index is -0.111. The molecule has 188 valence electrons. The van der Waals surface area contributed by atoms with Gasteiger partial charge in [-0.2, -0.15) is 0 Å². The van der Waals surface area contributed by atoms with Crippen molar-refractivity contribution in [2.45, 2.75) is 44.2 Å². The van der Waals surface area contributed by atoms with E-state index in [0.29, 0.717) is 6.04 Å². The molecule has 0 bridgehead atoms. The van der Waals surface area contributed by atoms with Crippen LogP contribution in [0.1, 0.15) is 55.6 Å². The highest BCUT2D eigenvalue weighted by Crippen LogP contribution is 2.39. The number of anilines is 1. The topological polar surface area (TPSA) is 68.5 Å². The molecule has 5 rings (SSSR count). The molecular weight excluding hydrogens is 464 g/mol. The predicted molar refractivity (Wildman–Crippen MR) is 139 cm³/mol. The smallest absolute Gasteiger partial charge is 0.173 e. The van der Waals surface area contributed by atoms with Crippen molar-refractivity contribution in [1.82, 2.24) is 25.1 Å². The van der Waals surface area contributed by atoms with Crippen LogP contribution in [0.3, 0.4) is 0 Å². The second-order valence-corrected chi connectivity index (χ2v) is 9.14. The molecular formula is C26H35ClN6O2. The Morgan fingerprint density at radius 1 is 0.886 bits per heavy atom. The van der Waals surface area contributed by atoms with Crippen LogP contribution in [0, 0.1) is 0 Å². The predicted octanol–water partition coefficient (Wildman–Crippen LogP) is 4.53. The Morgan fingerprint density at radius 3 is 2.31 bits per heavy atom. The van der Waals surface area contributed by atoms with Crippen LogP contribution in [0.4, 0.5) is 5.69 Å². The minimum Gasteiger partial charge on any atom is -0.497 e. The van der Waals surface area contributed by atoms with Crippen molar-refractivity contribution in [1.29, 1.82) is 0 Å². The Hall–Kier alpha value is -2.84. The highest BCUT2D eigenvalue weighted by atomic mass is 35.5. The van der Waals surface area contributed by atoms with E-state index in [1.54, 1.807) is 14.2 Å². The van der Waals surface area contributed by atoms with Gasteiger partial charge >= 0.3 is 0 Å². The van der Waals surface area contributed by atoms with E-state index >= 15 is 0 Å². The molecule has 0 N–H and O–H groups in total. The molecule has 1 unspecified atom stereocenters. The fourth-order valence-corrected chi connectivity index (χ4v) is 5.40. The molecule has 1 saturated carbocycles. The molecule has 1 aliphatic carbocycles. The molecule has 1 atom stereocenters. The molecule has 1 aliphatic heterocycles. The van der Waals surface area contributed by atoms with Gasteiger partial charge in [-0.1, -0.05) is 37.5 Å². The number of hydrogen-bond donors (Lipinski definition) is 0. The number of piperazine rings is 1. The van der Waals surface area contributed by atoms with Crippen LogP contribution >= 0.6 is 12.4 Å². The van der Waals surface area contributed by atoms with Gasteiger partial charge in [0.05, 0.1) is 20.3 Å². The third-order valence-electron chi connectivity index (χ3n) is 7.22. The van der Waals surface area contributed by atoms with E-state index in [1.807, 2.05) is 12.1 Å². The Kier molecular flexibility index (Phi) is 8.46. The summed E-state index contributed by atoms with van der Waals surface area (Å²) >= 11 is 0. The molecule has 1 saturated heterocycles. The van der Waals surface area contributed by atoms with Crippen LogP contribution in [0.15, 0.2) is 48.5 Å². The molecule has 2 aromatic carbocycles. The van der Waals surface area contributed by atoms with Gasteiger partial charge in [-0.25, -0.2) is 4.68 Å². The number of hydrogen-bond acceptors (Lipinski definition) is 7. The first-order valence-corrected chi connectivity index (χ1v) is 12.3. The van der Waals surface area contributed by atoms with Gasteiger partial charge in [-0.3, -0.25) is 4.90 Å². The number of benzene rings is 2. The molecule has 0 spiro atoms. The quantitative estimate of drug-likeness (QED) is 0.474. The zero-order chi connectivity index (χ0) is 23.3. The Labute approximate surface area is 213 Å². The Morgan fingerprint density at radius 2 is 1.63 bits per heavy atom. The van der Waals surface area contributed by atoms with Crippen LogP contribution in [-0.4, -0.2) is 65.5 Å². The molecule has 1 aromatic heterocycles. The molecule has 35 heavy (non-hydrogen) atoms. The lowest BCUT2D eigenvalue weighted by molar-refractivity contribution is 0.190. The van der Waals surface area contributed by atoms with Crippen molar-refractivity contribution in [2.24, 2.45) is 0 Å². The molecule has 2 heterocycles. The molecule has 0 amide bonds. The van der Waals surface area contributed by atoms with E-state index in [9.17, 15) is 0 Å². The van der Waals surface area contributed by atoms with Gasteiger partial charge in [0.15, 0.2) is 5.82 Å². The number of rotatable bonds is 7. The van der Waals surface area contributed by atoms with Crippen molar-refractivity contribution in [2.75, 3.05) is 45.3 Å². The molecule has 8 nitrogen and oxygen atoms in total. The lowest BCUT2D eigenvalue weighted by Gasteiger charge is -2.40. The lowest BCUT2D eigenvalue weighted by atomic mass is 9.94. The highest BCUT2D eigenvalue weighted by molar-refractivity contribution is 5.85. The SMILES string of the molecule is COc1ccc(OC)c(C(c2nnnn2C2CCCCC2)N2CCN(c3ccccc3)CC2)c1.Cl. The normalized spacial score (nSPS) is 18.1. The highest BCUT2D eigenvalue weighted by Gasteiger charge is 2.34. The molecule has 2 fully saturated rings. The monoisotopic (exact) mass is 498 g/mol. The van der Waals surface area contributed by atoms with Gasteiger partial charge < -0.3 is 14.4 Å². The summed E-state index contributed by atoms with van der Waals surface area (Å²) in [5.74, 6) is 2.53. The number of ether oxygens (including phenoxy) is 2. The average Bonchev–Trinajstić information content (AvgIpc) is 3.39. The van der Waals surface area contributed by atoms with Gasteiger partial charge in [0.25, 0.3) is 0 Å². The Bertz CT molecular complexity index is 1060. The number of para-hydroxylation sites is 1. The fraction of sp³-hybridized carbons (Fsp3) is 0.500. The molecule has 3 aromatic rings. The largest absolute Gasteiger partial charge is 0.497 e. The van der Waals surface area contributed by atoms with Crippen LogP contribution < -0.4 is 14.4 Å².